The van der Waals surface area contributed by atoms with Crippen LogP contribution in [0, 0.1) is 0 Å². The zero-order valence-electron chi connectivity index (χ0n) is 10.4. The Morgan fingerprint density at radius 3 is 1.90 bits per heavy atom. The fourth-order valence-electron chi connectivity index (χ4n) is 1.57. The van der Waals surface area contributed by atoms with Crippen LogP contribution in [0.1, 0.15) is 11.1 Å². The summed E-state index contributed by atoms with van der Waals surface area (Å²) >= 11 is 12.1. The second kappa shape index (κ2) is 6.41. The standard InChI is InChI=1S/C14H12Cl2N4/c15-10-7-4-8-11(16)12(10)14(18)20-19-13(17)9-5-2-1-3-6-9/h1-8H,(H2,17,19)(H2,18,20). The minimum Gasteiger partial charge on any atom is -0.382 e. The highest BCUT2D eigenvalue weighted by molar-refractivity contribution is 6.39. The molecule has 0 spiro atoms. The van der Waals surface area contributed by atoms with Crippen molar-refractivity contribution >= 4 is 34.9 Å². The number of hydrogen-bond acceptors (Lipinski definition) is 2. The molecule has 0 atom stereocenters. The molecule has 20 heavy (non-hydrogen) atoms. The largest absolute Gasteiger partial charge is 0.382 e. The second-order valence-corrected chi connectivity index (χ2v) is 4.75. The molecule has 0 aliphatic carbocycles. The van der Waals surface area contributed by atoms with Crippen molar-refractivity contribution in [2.45, 2.75) is 0 Å². The lowest BCUT2D eigenvalue weighted by molar-refractivity contribution is 1.20. The van der Waals surface area contributed by atoms with E-state index in [4.69, 9.17) is 34.7 Å². The molecule has 0 saturated heterocycles. The lowest BCUT2D eigenvalue weighted by Gasteiger charge is -2.04. The first-order valence-corrected chi connectivity index (χ1v) is 6.51. The highest BCUT2D eigenvalue weighted by Gasteiger charge is 2.09. The van der Waals surface area contributed by atoms with Crippen LogP contribution in [0.15, 0.2) is 58.7 Å². The summed E-state index contributed by atoms with van der Waals surface area (Å²) in [5.74, 6) is 0.371. The zero-order valence-corrected chi connectivity index (χ0v) is 11.9. The highest BCUT2D eigenvalue weighted by atomic mass is 35.5. The topological polar surface area (TPSA) is 76.8 Å². The Bertz CT molecular complexity index is 646. The lowest BCUT2D eigenvalue weighted by atomic mass is 10.2. The van der Waals surface area contributed by atoms with Gasteiger partial charge in [0.05, 0.1) is 15.6 Å². The molecule has 0 saturated carbocycles. The predicted octanol–water partition coefficient (Wildman–Crippen LogP) is 3.02. The third-order valence-electron chi connectivity index (χ3n) is 2.55. The summed E-state index contributed by atoms with van der Waals surface area (Å²) in [6.45, 7) is 0. The van der Waals surface area contributed by atoms with E-state index in [1.54, 1.807) is 18.2 Å². The molecule has 0 aliphatic rings. The van der Waals surface area contributed by atoms with Gasteiger partial charge in [0.1, 0.15) is 0 Å². The molecular weight excluding hydrogens is 295 g/mol. The summed E-state index contributed by atoms with van der Waals surface area (Å²) < 4.78 is 0. The van der Waals surface area contributed by atoms with Crippen LogP contribution in [0.5, 0.6) is 0 Å². The molecule has 2 aromatic carbocycles. The first kappa shape index (κ1) is 14.4. The number of hydrogen-bond donors (Lipinski definition) is 2. The van der Waals surface area contributed by atoms with Crippen molar-refractivity contribution in [3.8, 4) is 0 Å². The Morgan fingerprint density at radius 2 is 1.30 bits per heavy atom. The normalized spacial score (nSPS) is 12.5. The molecule has 0 fully saturated rings. The number of rotatable bonds is 3. The van der Waals surface area contributed by atoms with Crippen LogP contribution >= 0.6 is 23.2 Å². The van der Waals surface area contributed by atoms with E-state index in [2.05, 4.69) is 10.2 Å². The fourth-order valence-corrected chi connectivity index (χ4v) is 2.16. The lowest BCUT2D eigenvalue weighted by Crippen LogP contribution is -2.16. The van der Waals surface area contributed by atoms with Crippen molar-refractivity contribution in [3.05, 3.63) is 69.7 Å². The van der Waals surface area contributed by atoms with Gasteiger partial charge in [-0.1, -0.05) is 59.6 Å². The van der Waals surface area contributed by atoms with Crippen molar-refractivity contribution in [3.63, 3.8) is 0 Å². The molecule has 4 nitrogen and oxygen atoms in total. The van der Waals surface area contributed by atoms with Crippen LogP contribution in [0.4, 0.5) is 0 Å². The van der Waals surface area contributed by atoms with E-state index in [1.165, 1.54) is 0 Å². The monoisotopic (exact) mass is 306 g/mol. The minimum absolute atomic E-state index is 0.111. The average molecular weight is 307 g/mol. The Hall–Kier alpha value is -2.04. The second-order valence-electron chi connectivity index (χ2n) is 3.93. The first-order valence-electron chi connectivity index (χ1n) is 5.76. The van der Waals surface area contributed by atoms with Crippen LogP contribution in [-0.4, -0.2) is 11.7 Å². The van der Waals surface area contributed by atoms with Gasteiger partial charge in [0, 0.05) is 5.56 Å². The summed E-state index contributed by atoms with van der Waals surface area (Å²) in [6, 6.07) is 14.3. The number of amidine groups is 2. The molecule has 102 valence electrons. The van der Waals surface area contributed by atoms with E-state index in [9.17, 15) is 0 Å². The van der Waals surface area contributed by atoms with Crippen molar-refractivity contribution in [2.24, 2.45) is 21.7 Å². The Morgan fingerprint density at radius 1 is 0.750 bits per heavy atom. The summed E-state index contributed by atoms with van der Waals surface area (Å²) in [5, 5.41) is 8.59. The molecule has 0 heterocycles. The van der Waals surface area contributed by atoms with E-state index in [0.29, 0.717) is 15.6 Å². The summed E-state index contributed by atoms with van der Waals surface area (Å²) in [5.41, 5.74) is 12.9. The van der Waals surface area contributed by atoms with Crippen LogP contribution in [0.3, 0.4) is 0 Å². The predicted molar refractivity (Wildman–Crippen MR) is 84.4 cm³/mol. The van der Waals surface area contributed by atoms with Gasteiger partial charge in [-0.05, 0) is 12.1 Å². The van der Waals surface area contributed by atoms with Gasteiger partial charge in [-0.3, -0.25) is 0 Å². The summed E-state index contributed by atoms with van der Waals surface area (Å²) in [4.78, 5) is 0. The molecule has 0 aromatic heterocycles. The smallest absolute Gasteiger partial charge is 0.156 e. The highest BCUT2D eigenvalue weighted by Crippen LogP contribution is 2.23. The van der Waals surface area contributed by atoms with E-state index >= 15 is 0 Å². The van der Waals surface area contributed by atoms with E-state index in [1.807, 2.05) is 30.3 Å². The molecule has 0 unspecified atom stereocenters. The molecular formula is C14H12Cl2N4. The number of halogens is 2. The minimum atomic E-state index is 0.111. The number of benzene rings is 2. The van der Waals surface area contributed by atoms with Crippen molar-refractivity contribution in [1.29, 1.82) is 0 Å². The van der Waals surface area contributed by atoms with Gasteiger partial charge in [0.15, 0.2) is 11.7 Å². The van der Waals surface area contributed by atoms with E-state index < -0.39 is 0 Å². The maximum Gasteiger partial charge on any atom is 0.156 e. The van der Waals surface area contributed by atoms with Gasteiger partial charge >= 0.3 is 0 Å². The average Bonchev–Trinajstić information content (AvgIpc) is 2.45. The zero-order chi connectivity index (χ0) is 14.5. The fraction of sp³-hybridized carbons (Fsp3) is 0. The maximum absolute atomic E-state index is 6.03. The van der Waals surface area contributed by atoms with Crippen molar-refractivity contribution in [1.82, 2.24) is 0 Å². The first-order chi connectivity index (χ1) is 9.59. The molecule has 2 aromatic rings. The third kappa shape index (κ3) is 3.29. The van der Waals surface area contributed by atoms with Gasteiger partial charge < -0.3 is 11.5 Å². The van der Waals surface area contributed by atoms with Crippen LogP contribution in [-0.2, 0) is 0 Å². The van der Waals surface area contributed by atoms with Gasteiger partial charge in [-0.25, -0.2) is 0 Å². The summed E-state index contributed by atoms with van der Waals surface area (Å²) in [6.07, 6.45) is 0. The van der Waals surface area contributed by atoms with Crippen LogP contribution < -0.4 is 11.5 Å². The van der Waals surface area contributed by atoms with Crippen molar-refractivity contribution in [2.75, 3.05) is 0 Å². The van der Waals surface area contributed by atoms with Crippen LogP contribution in [0.25, 0.3) is 0 Å². The molecule has 6 heteroatoms. The third-order valence-corrected chi connectivity index (χ3v) is 3.18. The van der Waals surface area contributed by atoms with E-state index in [-0.39, 0.29) is 11.7 Å². The Balaban J connectivity index is 2.32. The Kier molecular flexibility index (Phi) is 4.61. The molecule has 0 bridgehead atoms. The molecule has 0 radical (unpaired) electrons. The molecule has 0 aliphatic heterocycles. The quantitative estimate of drug-likeness (QED) is 0.519. The summed E-state index contributed by atoms with van der Waals surface area (Å²) in [7, 11) is 0. The van der Waals surface area contributed by atoms with Gasteiger partial charge in [-0.15, -0.1) is 10.2 Å². The number of nitrogens with zero attached hydrogens (tertiary/aromatic N) is 2. The Labute approximate surface area is 126 Å². The van der Waals surface area contributed by atoms with Gasteiger partial charge in [0.2, 0.25) is 0 Å². The van der Waals surface area contributed by atoms with Gasteiger partial charge in [-0.2, -0.15) is 0 Å². The maximum atomic E-state index is 6.03. The van der Waals surface area contributed by atoms with Gasteiger partial charge in [0.25, 0.3) is 0 Å². The molecule has 2 rings (SSSR count). The van der Waals surface area contributed by atoms with E-state index in [0.717, 1.165) is 5.56 Å². The SMILES string of the molecule is N/C(=N\N=C(/N)c1c(Cl)cccc1Cl)c1ccccc1. The van der Waals surface area contributed by atoms with Crippen molar-refractivity contribution < 1.29 is 0 Å². The number of nitrogens with two attached hydrogens (primary N) is 2. The molecule has 0 amide bonds. The molecule has 4 N–H and O–H groups in total. The van der Waals surface area contributed by atoms with Crippen LogP contribution in [0.2, 0.25) is 10.0 Å².